The van der Waals surface area contributed by atoms with Crippen LogP contribution in [0.3, 0.4) is 0 Å². The van der Waals surface area contributed by atoms with E-state index in [2.05, 4.69) is 24.0 Å². The molecule has 4 nitrogen and oxygen atoms in total. The SMILES string of the molecule is CC1(C)CC1c1noc(-c2cccc(F)c2N)n1. The zero-order valence-corrected chi connectivity index (χ0v) is 10.3. The predicted molar refractivity (Wildman–Crippen MR) is 65.2 cm³/mol. The van der Waals surface area contributed by atoms with E-state index in [1.54, 1.807) is 12.1 Å². The van der Waals surface area contributed by atoms with Crippen molar-refractivity contribution in [3.05, 3.63) is 29.8 Å². The largest absolute Gasteiger partial charge is 0.396 e. The molecule has 2 N–H and O–H groups in total. The summed E-state index contributed by atoms with van der Waals surface area (Å²) in [5.41, 5.74) is 6.39. The summed E-state index contributed by atoms with van der Waals surface area (Å²) in [5.74, 6) is 0.812. The van der Waals surface area contributed by atoms with E-state index in [1.807, 2.05) is 0 Å². The van der Waals surface area contributed by atoms with Crippen molar-refractivity contribution >= 4 is 5.69 Å². The molecule has 18 heavy (non-hydrogen) atoms. The van der Waals surface area contributed by atoms with Gasteiger partial charge in [0.05, 0.1) is 11.3 Å². The molecule has 1 unspecified atom stereocenters. The number of nitrogens with two attached hydrogens (primary N) is 1. The molecule has 0 amide bonds. The molecule has 1 fully saturated rings. The van der Waals surface area contributed by atoms with Gasteiger partial charge >= 0.3 is 0 Å². The first-order chi connectivity index (χ1) is 8.49. The second-order valence-corrected chi connectivity index (χ2v) is 5.40. The fraction of sp³-hybridized carbons (Fsp3) is 0.385. The number of halogens is 1. The molecule has 2 aromatic rings. The van der Waals surface area contributed by atoms with Crippen LogP contribution < -0.4 is 5.73 Å². The average Bonchev–Trinajstić information content (AvgIpc) is 2.77. The van der Waals surface area contributed by atoms with E-state index < -0.39 is 5.82 Å². The van der Waals surface area contributed by atoms with Gasteiger partial charge in [-0.25, -0.2) is 4.39 Å². The fourth-order valence-corrected chi connectivity index (χ4v) is 2.12. The maximum absolute atomic E-state index is 13.4. The Morgan fingerprint density at radius 1 is 1.44 bits per heavy atom. The summed E-state index contributed by atoms with van der Waals surface area (Å²) in [6.07, 6.45) is 1.05. The standard InChI is InChI=1S/C13H14FN3O/c1-13(2)6-8(13)11-16-12(18-17-11)7-4-3-5-9(14)10(7)15/h3-5,8H,6,15H2,1-2H3. The Kier molecular flexibility index (Phi) is 2.20. The normalized spacial score (nSPS) is 20.9. The smallest absolute Gasteiger partial charge is 0.260 e. The molecule has 1 heterocycles. The number of nitrogen functional groups attached to an aromatic ring is 1. The van der Waals surface area contributed by atoms with E-state index in [-0.39, 0.29) is 17.0 Å². The molecule has 94 valence electrons. The number of benzene rings is 1. The number of hydrogen-bond acceptors (Lipinski definition) is 4. The molecule has 1 aromatic carbocycles. The van der Waals surface area contributed by atoms with Gasteiger partial charge in [0.1, 0.15) is 5.82 Å². The van der Waals surface area contributed by atoms with Crippen LogP contribution in [0.4, 0.5) is 10.1 Å². The van der Waals surface area contributed by atoms with Crippen LogP contribution >= 0.6 is 0 Å². The number of hydrogen-bond donors (Lipinski definition) is 1. The van der Waals surface area contributed by atoms with Gasteiger partial charge < -0.3 is 10.3 Å². The van der Waals surface area contributed by atoms with Crippen molar-refractivity contribution < 1.29 is 8.91 Å². The summed E-state index contributed by atoms with van der Waals surface area (Å²) in [4.78, 5) is 4.32. The van der Waals surface area contributed by atoms with Crippen LogP contribution in [-0.2, 0) is 0 Å². The number of aromatic nitrogens is 2. The molecule has 1 aliphatic rings. The number of anilines is 1. The molecule has 1 saturated carbocycles. The van der Waals surface area contributed by atoms with E-state index in [0.717, 1.165) is 6.42 Å². The van der Waals surface area contributed by atoms with Crippen molar-refractivity contribution in [1.82, 2.24) is 10.1 Å². The molecular formula is C13H14FN3O. The van der Waals surface area contributed by atoms with Crippen molar-refractivity contribution in [3.8, 4) is 11.5 Å². The van der Waals surface area contributed by atoms with Crippen LogP contribution in [-0.4, -0.2) is 10.1 Å². The minimum absolute atomic E-state index is 0.0442. The monoisotopic (exact) mass is 247 g/mol. The third kappa shape index (κ3) is 1.66. The molecule has 0 saturated heterocycles. The zero-order chi connectivity index (χ0) is 12.9. The molecule has 0 radical (unpaired) electrons. The molecule has 1 atom stereocenters. The summed E-state index contributed by atoms with van der Waals surface area (Å²) < 4.78 is 18.5. The Balaban J connectivity index is 1.96. The molecule has 0 bridgehead atoms. The van der Waals surface area contributed by atoms with Gasteiger partial charge in [0.15, 0.2) is 5.82 Å². The fourth-order valence-electron chi connectivity index (χ4n) is 2.12. The van der Waals surface area contributed by atoms with E-state index in [0.29, 0.717) is 17.3 Å². The van der Waals surface area contributed by atoms with Crippen molar-refractivity contribution in [2.75, 3.05) is 5.73 Å². The first-order valence-corrected chi connectivity index (χ1v) is 5.87. The summed E-state index contributed by atoms with van der Waals surface area (Å²) in [7, 11) is 0. The molecule has 3 rings (SSSR count). The lowest BCUT2D eigenvalue weighted by Gasteiger charge is -2.00. The third-order valence-corrected chi connectivity index (χ3v) is 3.55. The van der Waals surface area contributed by atoms with E-state index in [1.165, 1.54) is 6.07 Å². The van der Waals surface area contributed by atoms with E-state index in [4.69, 9.17) is 10.3 Å². The van der Waals surface area contributed by atoms with Crippen LogP contribution in [0.25, 0.3) is 11.5 Å². The Bertz CT molecular complexity index is 606. The summed E-state index contributed by atoms with van der Waals surface area (Å²) >= 11 is 0. The molecule has 0 aliphatic heterocycles. The van der Waals surface area contributed by atoms with Crippen LogP contribution in [0.15, 0.2) is 22.7 Å². The first-order valence-electron chi connectivity index (χ1n) is 5.87. The zero-order valence-electron chi connectivity index (χ0n) is 10.3. The van der Waals surface area contributed by atoms with Gasteiger partial charge in [0, 0.05) is 5.92 Å². The minimum atomic E-state index is -0.473. The molecule has 1 aromatic heterocycles. The van der Waals surface area contributed by atoms with Crippen molar-refractivity contribution in [3.63, 3.8) is 0 Å². The Labute approximate surface area is 104 Å². The van der Waals surface area contributed by atoms with Gasteiger partial charge in [-0.2, -0.15) is 4.98 Å². The van der Waals surface area contributed by atoms with Crippen molar-refractivity contribution in [1.29, 1.82) is 0 Å². The average molecular weight is 247 g/mol. The highest BCUT2D eigenvalue weighted by Crippen LogP contribution is 2.57. The van der Waals surface area contributed by atoms with Gasteiger partial charge in [0.2, 0.25) is 0 Å². The maximum Gasteiger partial charge on any atom is 0.260 e. The lowest BCUT2D eigenvalue weighted by Crippen LogP contribution is -1.95. The lowest BCUT2D eigenvalue weighted by molar-refractivity contribution is 0.419. The summed E-state index contributed by atoms with van der Waals surface area (Å²) in [6.45, 7) is 4.31. The van der Waals surface area contributed by atoms with Gasteiger partial charge in [-0.3, -0.25) is 0 Å². The Morgan fingerprint density at radius 2 is 2.17 bits per heavy atom. The van der Waals surface area contributed by atoms with Gasteiger partial charge in [0.25, 0.3) is 5.89 Å². The van der Waals surface area contributed by atoms with E-state index >= 15 is 0 Å². The number of para-hydroxylation sites is 1. The van der Waals surface area contributed by atoms with Crippen LogP contribution in [0.1, 0.15) is 32.0 Å². The first kappa shape index (κ1) is 11.2. The second kappa shape index (κ2) is 3.54. The summed E-state index contributed by atoms with van der Waals surface area (Å²) in [6, 6.07) is 4.56. The summed E-state index contributed by atoms with van der Waals surface area (Å²) in [5, 5.41) is 3.96. The van der Waals surface area contributed by atoms with Crippen LogP contribution in [0.5, 0.6) is 0 Å². The van der Waals surface area contributed by atoms with Gasteiger partial charge in [-0.15, -0.1) is 0 Å². The van der Waals surface area contributed by atoms with Crippen LogP contribution in [0.2, 0.25) is 0 Å². The highest BCUT2D eigenvalue weighted by Gasteiger charge is 2.49. The Hall–Kier alpha value is -1.91. The number of rotatable bonds is 2. The molecule has 1 aliphatic carbocycles. The maximum atomic E-state index is 13.4. The Morgan fingerprint density at radius 3 is 2.83 bits per heavy atom. The molecule has 0 spiro atoms. The third-order valence-electron chi connectivity index (χ3n) is 3.55. The van der Waals surface area contributed by atoms with Crippen molar-refractivity contribution in [2.24, 2.45) is 5.41 Å². The van der Waals surface area contributed by atoms with E-state index in [9.17, 15) is 4.39 Å². The minimum Gasteiger partial charge on any atom is -0.396 e. The quantitative estimate of drug-likeness (QED) is 0.828. The highest BCUT2D eigenvalue weighted by atomic mass is 19.1. The highest BCUT2D eigenvalue weighted by molar-refractivity contribution is 5.70. The molecule has 5 heteroatoms. The van der Waals surface area contributed by atoms with Gasteiger partial charge in [-0.05, 0) is 24.0 Å². The second-order valence-electron chi connectivity index (χ2n) is 5.40. The van der Waals surface area contributed by atoms with Crippen LogP contribution in [0, 0.1) is 11.2 Å². The predicted octanol–water partition coefficient (Wildman–Crippen LogP) is 2.97. The number of nitrogens with zero attached hydrogens (tertiary/aromatic N) is 2. The molecular weight excluding hydrogens is 233 g/mol. The van der Waals surface area contributed by atoms with Gasteiger partial charge in [-0.1, -0.05) is 25.1 Å². The topological polar surface area (TPSA) is 64.9 Å². The lowest BCUT2D eigenvalue weighted by atomic mass is 10.1. The van der Waals surface area contributed by atoms with Crippen molar-refractivity contribution in [2.45, 2.75) is 26.2 Å².